The van der Waals surface area contributed by atoms with Crippen molar-refractivity contribution in [1.29, 1.82) is 0 Å². The number of carbonyl (C=O) groups excluding carboxylic acids is 1. The third-order valence-corrected chi connectivity index (χ3v) is 2.51. The first-order valence-corrected chi connectivity index (χ1v) is 5.78. The predicted octanol–water partition coefficient (Wildman–Crippen LogP) is 0.596. The molecule has 0 aliphatic carbocycles. The summed E-state index contributed by atoms with van der Waals surface area (Å²) in [6.07, 6.45) is -0.423. The molecule has 0 bridgehead atoms. The van der Waals surface area contributed by atoms with Gasteiger partial charge in [-0.1, -0.05) is 6.07 Å². The van der Waals surface area contributed by atoms with Crippen LogP contribution in [0, 0.1) is 10.1 Å². The van der Waals surface area contributed by atoms with Crippen LogP contribution in [-0.4, -0.2) is 51.0 Å². The number of nitro benzene ring substituents is 1. The van der Waals surface area contributed by atoms with Crippen molar-refractivity contribution < 1.29 is 29.5 Å². The second-order valence-corrected chi connectivity index (χ2v) is 4.07. The summed E-state index contributed by atoms with van der Waals surface area (Å²) in [6, 6.07) is 4.79. The molecule has 2 N–H and O–H groups in total. The normalized spacial score (nSPS) is 9.90. The molecule has 0 fully saturated rings. The van der Waals surface area contributed by atoms with Gasteiger partial charge >= 0.3 is 11.9 Å². The van der Waals surface area contributed by atoms with Crippen molar-refractivity contribution in [2.24, 2.45) is 0 Å². The second kappa shape index (κ2) is 6.98. The van der Waals surface area contributed by atoms with Crippen LogP contribution in [0.25, 0.3) is 0 Å². The van der Waals surface area contributed by atoms with Crippen LogP contribution in [0.5, 0.6) is 0 Å². The van der Waals surface area contributed by atoms with Gasteiger partial charge in [-0.05, 0) is 6.07 Å². The molecule has 9 heteroatoms. The van der Waals surface area contributed by atoms with Gasteiger partial charge in [-0.15, -0.1) is 0 Å². The molecule has 1 aromatic rings. The third-order valence-electron chi connectivity index (χ3n) is 2.51. The molecule has 0 unspecified atom stereocenters. The molecule has 9 nitrogen and oxygen atoms in total. The fourth-order valence-corrected chi connectivity index (χ4v) is 1.58. The maximum atomic E-state index is 12.1. The number of nitrogens with zero attached hydrogens (tertiary/aromatic N) is 2. The lowest BCUT2D eigenvalue weighted by atomic mass is 10.1. The molecular formula is C12H12N2O7. The van der Waals surface area contributed by atoms with Crippen LogP contribution in [0.2, 0.25) is 0 Å². The lowest BCUT2D eigenvalue weighted by molar-refractivity contribution is -0.384. The quantitative estimate of drug-likeness (QED) is 0.554. The minimum atomic E-state index is -1.31. The van der Waals surface area contributed by atoms with E-state index >= 15 is 0 Å². The van der Waals surface area contributed by atoms with Crippen LogP contribution in [-0.2, 0) is 9.59 Å². The number of rotatable bonds is 7. The minimum Gasteiger partial charge on any atom is -0.481 e. The van der Waals surface area contributed by atoms with Gasteiger partial charge in [-0.25, -0.2) is 0 Å². The van der Waals surface area contributed by atoms with Gasteiger partial charge in [-0.3, -0.25) is 24.5 Å². The second-order valence-electron chi connectivity index (χ2n) is 4.07. The van der Waals surface area contributed by atoms with E-state index < -0.39 is 35.7 Å². The van der Waals surface area contributed by atoms with E-state index in [4.69, 9.17) is 10.2 Å². The van der Waals surface area contributed by atoms with E-state index in [2.05, 4.69) is 0 Å². The molecule has 0 atom stereocenters. The Morgan fingerprint density at radius 1 is 1.19 bits per heavy atom. The van der Waals surface area contributed by atoms with E-state index in [1.165, 1.54) is 18.2 Å². The highest BCUT2D eigenvalue weighted by atomic mass is 16.6. The van der Waals surface area contributed by atoms with Crippen molar-refractivity contribution in [1.82, 2.24) is 4.90 Å². The van der Waals surface area contributed by atoms with Gasteiger partial charge in [0.1, 0.15) is 6.54 Å². The maximum absolute atomic E-state index is 12.1. The first-order chi connectivity index (χ1) is 9.81. The van der Waals surface area contributed by atoms with E-state index in [0.717, 1.165) is 11.0 Å². The zero-order valence-electron chi connectivity index (χ0n) is 10.8. The summed E-state index contributed by atoms with van der Waals surface area (Å²) in [5.41, 5.74) is -0.384. The highest BCUT2D eigenvalue weighted by Crippen LogP contribution is 2.15. The average molecular weight is 296 g/mol. The Bertz CT molecular complexity index is 585. The van der Waals surface area contributed by atoms with Crippen LogP contribution in [0.3, 0.4) is 0 Å². The largest absolute Gasteiger partial charge is 0.481 e. The van der Waals surface area contributed by atoms with Gasteiger partial charge in [0.25, 0.3) is 11.6 Å². The number of aliphatic carboxylic acids is 2. The summed E-state index contributed by atoms with van der Waals surface area (Å²) in [5.74, 6) is -3.27. The first-order valence-electron chi connectivity index (χ1n) is 5.78. The molecule has 0 aromatic heterocycles. The molecule has 0 radical (unpaired) electrons. The van der Waals surface area contributed by atoms with Crippen molar-refractivity contribution in [2.75, 3.05) is 13.1 Å². The fourth-order valence-electron chi connectivity index (χ4n) is 1.58. The smallest absolute Gasteiger partial charge is 0.323 e. The number of carboxylic acids is 2. The minimum absolute atomic E-state index is 0.0733. The first kappa shape index (κ1) is 16.1. The highest BCUT2D eigenvalue weighted by molar-refractivity contribution is 5.96. The maximum Gasteiger partial charge on any atom is 0.323 e. The predicted molar refractivity (Wildman–Crippen MR) is 68.9 cm³/mol. The number of amides is 1. The van der Waals surface area contributed by atoms with E-state index in [9.17, 15) is 24.5 Å². The van der Waals surface area contributed by atoms with Crippen LogP contribution >= 0.6 is 0 Å². The molecule has 0 aliphatic heterocycles. The van der Waals surface area contributed by atoms with E-state index in [1.54, 1.807) is 0 Å². The lowest BCUT2D eigenvalue weighted by Gasteiger charge is -2.19. The van der Waals surface area contributed by atoms with Crippen LogP contribution in [0.4, 0.5) is 5.69 Å². The van der Waals surface area contributed by atoms with E-state index in [-0.39, 0.29) is 17.8 Å². The average Bonchev–Trinajstić information content (AvgIpc) is 2.42. The molecule has 0 spiro atoms. The van der Waals surface area contributed by atoms with E-state index in [1.807, 2.05) is 0 Å². The number of non-ortho nitro benzene ring substituents is 1. The molecule has 112 valence electrons. The number of hydrogen-bond acceptors (Lipinski definition) is 5. The van der Waals surface area contributed by atoms with Gasteiger partial charge in [-0.2, -0.15) is 0 Å². The van der Waals surface area contributed by atoms with Gasteiger partial charge in [0.15, 0.2) is 0 Å². The Balaban J connectivity index is 2.98. The van der Waals surface area contributed by atoms with E-state index in [0.29, 0.717) is 0 Å². The lowest BCUT2D eigenvalue weighted by Crippen LogP contribution is -2.37. The van der Waals surface area contributed by atoms with Crippen molar-refractivity contribution >= 4 is 23.5 Å². The van der Waals surface area contributed by atoms with Gasteiger partial charge in [0.2, 0.25) is 0 Å². The summed E-state index contributed by atoms with van der Waals surface area (Å²) in [6.45, 7) is -0.988. The van der Waals surface area contributed by atoms with Crippen molar-refractivity contribution in [2.45, 2.75) is 6.42 Å². The fraction of sp³-hybridized carbons (Fsp3) is 0.250. The summed E-state index contributed by atoms with van der Waals surface area (Å²) < 4.78 is 0. The summed E-state index contributed by atoms with van der Waals surface area (Å²) in [5, 5.41) is 28.0. The Labute approximate surface area is 118 Å². The number of benzene rings is 1. The van der Waals surface area contributed by atoms with Crippen LogP contribution in [0.15, 0.2) is 24.3 Å². The zero-order valence-corrected chi connectivity index (χ0v) is 10.8. The molecule has 1 amide bonds. The highest BCUT2D eigenvalue weighted by Gasteiger charge is 2.21. The standard InChI is InChI=1S/C12H12N2O7/c15-10(16)4-5-13(7-11(17)18)12(19)8-2-1-3-9(6-8)14(20)21/h1-3,6H,4-5,7H2,(H,15,16)(H,17,18). The Kier molecular flexibility index (Phi) is 5.35. The third kappa shape index (κ3) is 4.90. The van der Waals surface area contributed by atoms with Gasteiger partial charge in [0.05, 0.1) is 11.3 Å². The van der Waals surface area contributed by atoms with Gasteiger partial charge < -0.3 is 15.1 Å². The number of carbonyl (C=O) groups is 3. The summed E-state index contributed by atoms with van der Waals surface area (Å²) in [7, 11) is 0. The van der Waals surface area contributed by atoms with Gasteiger partial charge in [0, 0.05) is 24.2 Å². The van der Waals surface area contributed by atoms with Crippen molar-refractivity contribution in [3.8, 4) is 0 Å². The monoisotopic (exact) mass is 296 g/mol. The molecule has 0 aliphatic rings. The molecular weight excluding hydrogens is 284 g/mol. The summed E-state index contributed by atoms with van der Waals surface area (Å²) >= 11 is 0. The molecule has 21 heavy (non-hydrogen) atoms. The SMILES string of the molecule is O=C(O)CCN(CC(=O)O)C(=O)c1cccc([N+](=O)[O-])c1. The topological polar surface area (TPSA) is 138 Å². The van der Waals surface area contributed by atoms with Crippen LogP contribution in [0.1, 0.15) is 16.8 Å². The Hall–Kier alpha value is -2.97. The Morgan fingerprint density at radius 2 is 1.86 bits per heavy atom. The zero-order chi connectivity index (χ0) is 16.0. The summed E-state index contributed by atoms with van der Waals surface area (Å²) in [4.78, 5) is 44.1. The van der Waals surface area contributed by atoms with Crippen molar-refractivity contribution in [3.63, 3.8) is 0 Å². The molecule has 0 saturated carbocycles. The van der Waals surface area contributed by atoms with Crippen molar-refractivity contribution in [3.05, 3.63) is 39.9 Å². The molecule has 1 aromatic carbocycles. The number of carboxylic acid groups (broad SMARTS) is 2. The Morgan fingerprint density at radius 3 is 2.38 bits per heavy atom. The molecule has 0 saturated heterocycles. The van der Waals surface area contributed by atoms with Crippen LogP contribution < -0.4 is 0 Å². The number of nitro groups is 1. The number of hydrogen-bond donors (Lipinski definition) is 2. The molecule has 0 heterocycles. The molecule has 1 rings (SSSR count).